The van der Waals surface area contributed by atoms with Crippen molar-refractivity contribution in [1.82, 2.24) is 19.5 Å². The SMILES string of the molecule is c1ccc(-c2cc(-c3ccc(-c4nc(-c5ccccc5-c5ccccc5)nc(-c5cccc6c5c5ccccc5n6-c5ccccc5)n4)cc3)c3oc4c5ccccc5ccc4c3c2)cc1. The molecular formula is C61H38N4O. The number of aromatic nitrogens is 4. The van der Waals surface area contributed by atoms with Gasteiger partial charge in [-0.05, 0) is 75.7 Å². The molecule has 0 atom stereocenters. The van der Waals surface area contributed by atoms with Crippen LogP contribution in [-0.2, 0) is 0 Å². The van der Waals surface area contributed by atoms with Gasteiger partial charge in [0.15, 0.2) is 17.5 Å². The summed E-state index contributed by atoms with van der Waals surface area (Å²) in [7, 11) is 0. The molecule has 308 valence electrons. The number of para-hydroxylation sites is 2. The first-order chi connectivity index (χ1) is 32.7. The lowest BCUT2D eigenvalue weighted by Crippen LogP contribution is -2.01. The van der Waals surface area contributed by atoms with E-state index in [9.17, 15) is 0 Å². The maximum atomic E-state index is 6.90. The van der Waals surface area contributed by atoms with Crippen molar-refractivity contribution < 1.29 is 4.42 Å². The van der Waals surface area contributed by atoms with Gasteiger partial charge >= 0.3 is 0 Å². The Morgan fingerprint density at radius 2 is 0.879 bits per heavy atom. The minimum atomic E-state index is 0.589. The summed E-state index contributed by atoms with van der Waals surface area (Å²) in [5.74, 6) is 1.80. The highest BCUT2D eigenvalue weighted by Gasteiger charge is 2.22. The van der Waals surface area contributed by atoms with Crippen LogP contribution in [0.5, 0.6) is 0 Å². The second-order valence-corrected chi connectivity index (χ2v) is 16.7. The van der Waals surface area contributed by atoms with E-state index in [-0.39, 0.29) is 0 Å². The van der Waals surface area contributed by atoms with Crippen LogP contribution in [-0.4, -0.2) is 19.5 Å². The topological polar surface area (TPSA) is 56.7 Å². The maximum Gasteiger partial charge on any atom is 0.164 e. The standard InChI is InChI=1S/C61H38N4O/c1-4-17-39(18-5-1)44-37-52(58-53(38-44)48-36-35-41-21-10-11-25-47(41)57(48)66-58)42-31-33-43(34-32-42)59-62-60(49-26-13-12-24-46(49)40-19-6-2-7-20-40)64-61(63-59)51-28-16-30-55-56(51)50-27-14-15-29-54(50)65(55)45-22-8-3-9-23-45/h1-38H. The van der Waals surface area contributed by atoms with Crippen LogP contribution in [0.3, 0.4) is 0 Å². The molecule has 0 aliphatic carbocycles. The second-order valence-electron chi connectivity index (χ2n) is 16.7. The number of nitrogens with zero attached hydrogens (tertiary/aromatic N) is 4. The molecule has 3 heterocycles. The Hall–Kier alpha value is -8.93. The molecule has 0 amide bonds. The molecule has 5 heteroatoms. The molecule has 0 saturated carbocycles. The number of hydrogen-bond acceptors (Lipinski definition) is 4. The van der Waals surface area contributed by atoms with E-state index in [2.05, 4.69) is 229 Å². The number of fused-ring (bicyclic) bond motifs is 8. The zero-order chi connectivity index (χ0) is 43.6. The lowest BCUT2D eigenvalue weighted by Gasteiger charge is -2.13. The van der Waals surface area contributed by atoms with E-state index >= 15 is 0 Å². The number of hydrogen-bond donors (Lipinski definition) is 0. The molecule has 0 radical (unpaired) electrons. The Morgan fingerprint density at radius 3 is 1.67 bits per heavy atom. The summed E-state index contributed by atoms with van der Waals surface area (Å²) in [5.41, 5.74) is 14.3. The molecule has 0 aliphatic heterocycles. The first-order valence-corrected chi connectivity index (χ1v) is 22.3. The minimum absolute atomic E-state index is 0.589. The number of furan rings is 1. The average Bonchev–Trinajstić information content (AvgIpc) is 3.95. The molecule has 10 aromatic carbocycles. The summed E-state index contributed by atoms with van der Waals surface area (Å²) in [4.78, 5) is 16.0. The van der Waals surface area contributed by atoms with E-state index < -0.39 is 0 Å². The summed E-state index contributed by atoms with van der Waals surface area (Å²) < 4.78 is 9.22. The lowest BCUT2D eigenvalue weighted by molar-refractivity contribution is 0.674. The summed E-state index contributed by atoms with van der Waals surface area (Å²) in [6.07, 6.45) is 0. The zero-order valence-corrected chi connectivity index (χ0v) is 35.6. The van der Waals surface area contributed by atoms with Crippen LogP contribution in [0.4, 0.5) is 0 Å². The Balaban J connectivity index is 1.01. The van der Waals surface area contributed by atoms with Crippen LogP contribution in [0.2, 0.25) is 0 Å². The molecule has 0 saturated heterocycles. The van der Waals surface area contributed by atoms with Crippen LogP contribution in [0, 0.1) is 0 Å². The van der Waals surface area contributed by atoms with E-state index in [1.54, 1.807) is 0 Å². The van der Waals surface area contributed by atoms with Crippen LogP contribution < -0.4 is 0 Å². The molecule has 0 unspecified atom stereocenters. The van der Waals surface area contributed by atoms with Crippen molar-refractivity contribution >= 4 is 54.5 Å². The molecule has 0 aliphatic rings. The highest BCUT2D eigenvalue weighted by molar-refractivity contribution is 6.18. The van der Waals surface area contributed by atoms with Gasteiger partial charge in [-0.1, -0.05) is 188 Å². The molecule has 0 bridgehead atoms. The fourth-order valence-corrected chi connectivity index (χ4v) is 9.77. The highest BCUT2D eigenvalue weighted by Crippen LogP contribution is 2.43. The molecular weight excluding hydrogens is 805 g/mol. The minimum Gasteiger partial charge on any atom is -0.455 e. The summed E-state index contributed by atoms with van der Waals surface area (Å²) >= 11 is 0. The van der Waals surface area contributed by atoms with Crippen LogP contribution in [0.15, 0.2) is 235 Å². The Bertz CT molecular complexity index is 3970. The van der Waals surface area contributed by atoms with Crippen molar-refractivity contribution in [2.24, 2.45) is 0 Å². The normalized spacial score (nSPS) is 11.6. The van der Waals surface area contributed by atoms with Crippen LogP contribution in [0.1, 0.15) is 0 Å². The molecule has 13 aromatic rings. The summed E-state index contributed by atoms with van der Waals surface area (Å²) in [5, 5.41) is 6.66. The van der Waals surface area contributed by atoms with Gasteiger partial charge in [-0.15, -0.1) is 0 Å². The Kier molecular flexibility index (Phi) is 8.78. The smallest absolute Gasteiger partial charge is 0.164 e. The van der Waals surface area contributed by atoms with Gasteiger partial charge < -0.3 is 8.98 Å². The van der Waals surface area contributed by atoms with Crippen molar-refractivity contribution in [3.63, 3.8) is 0 Å². The van der Waals surface area contributed by atoms with Gasteiger partial charge in [-0.2, -0.15) is 0 Å². The summed E-state index contributed by atoms with van der Waals surface area (Å²) in [6.45, 7) is 0. The van der Waals surface area contributed by atoms with Gasteiger partial charge in [0.25, 0.3) is 0 Å². The lowest BCUT2D eigenvalue weighted by atomic mass is 9.95. The quantitative estimate of drug-likeness (QED) is 0.160. The van der Waals surface area contributed by atoms with Crippen molar-refractivity contribution in [1.29, 1.82) is 0 Å². The third-order valence-corrected chi connectivity index (χ3v) is 12.9. The van der Waals surface area contributed by atoms with E-state index in [1.807, 2.05) is 6.07 Å². The fourth-order valence-electron chi connectivity index (χ4n) is 9.77. The van der Waals surface area contributed by atoms with Gasteiger partial charge in [0.05, 0.1) is 11.0 Å². The maximum absolute atomic E-state index is 6.90. The highest BCUT2D eigenvalue weighted by atomic mass is 16.3. The van der Waals surface area contributed by atoms with E-state index in [4.69, 9.17) is 19.4 Å². The average molecular weight is 843 g/mol. The predicted molar refractivity (Wildman–Crippen MR) is 272 cm³/mol. The van der Waals surface area contributed by atoms with Crippen LogP contribution >= 0.6 is 0 Å². The first kappa shape index (κ1) is 37.6. The molecule has 0 fully saturated rings. The number of benzene rings is 10. The third kappa shape index (κ3) is 6.21. The van der Waals surface area contributed by atoms with Crippen LogP contribution in [0.25, 0.3) is 128 Å². The van der Waals surface area contributed by atoms with Crippen molar-refractivity contribution in [2.45, 2.75) is 0 Å². The van der Waals surface area contributed by atoms with E-state index in [1.165, 1.54) is 0 Å². The molecule has 13 rings (SSSR count). The Labute approximate surface area is 380 Å². The van der Waals surface area contributed by atoms with Crippen molar-refractivity contribution in [3.8, 4) is 73.2 Å². The van der Waals surface area contributed by atoms with Gasteiger partial charge in [-0.3, -0.25) is 0 Å². The van der Waals surface area contributed by atoms with E-state index in [0.29, 0.717) is 17.5 Å². The zero-order valence-electron chi connectivity index (χ0n) is 35.6. The van der Waals surface area contributed by atoms with Gasteiger partial charge in [-0.25, -0.2) is 15.0 Å². The molecule has 5 nitrogen and oxygen atoms in total. The molecule has 3 aromatic heterocycles. The van der Waals surface area contributed by atoms with Crippen molar-refractivity contribution in [2.75, 3.05) is 0 Å². The monoisotopic (exact) mass is 842 g/mol. The molecule has 0 spiro atoms. The van der Waals surface area contributed by atoms with Gasteiger partial charge in [0, 0.05) is 54.9 Å². The van der Waals surface area contributed by atoms with E-state index in [0.717, 1.165) is 110 Å². The summed E-state index contributed by atoms with van der Waals surface area (Å²) in [6, 6.07) is 80.8. The predicted octanol–water partition coefficient (Wildman–Crippen LogP) is 16.0. The molecule has 66 heavy (non-hydrogen) atoms. The Morgan fingerprint density at radius 1 is 0.303 bits per heavy atom. The fraction of sp³-hybridized carbons (Fsp3) is 0. The molecule has 0 N–H and O–H groups in total. The largest absolute Gasteiger partial charge is 0.455 e. The first-order valence-electron chi connectivity index (χ1n) is 22.3. The number of rotatable bonds is 7. The van der Waals surface area contributed by atoms with Crippen molar-refractivity contribution in [3.05, 3.63) is 231 Å². The van der Waals surface area contributed by atoms with Gasteiger partial charge in [0.1, 0.15) is 11.2 Å². The second kappa shape index (κ2) is 15.4. The van der Waals surface area contributed by atoms with Gasteiger partial charge in [0.2, 0.25) is 0 Å². The third-order valence-electron chi connectivity index (χ3n) is 12.9.